The summed E-state index contributed by atoms with van der Waals surface area (Å²) in [4.78, 5) is 0. The van der Waals surface area contributed by atoms with Crippen LogP contribution in [-0.4, -0.2) is 20.8 Å². The minimum Gasteiger partial charge on any atom is -0.496 e. The molecular weight excluding hydrogens is 440 g/mol. The molecule has 0 heterocycles. The summed E-state index contributed by atoms with van der Waals surface area (Å²) < 4.78 is 30.5. The third kappa shape index (κ3) is 6.76. The van der Waals surface area contributed by atoms with Crippen LogP contribution in [0.5, 0.6) is 17.2 Å². The van der Waals surface area contributed by atoms with Crippen molar-refractivity contribution in [3.8, 4) is 17.2 Å². The van der Waals surface area contributed by atoms with Gasteiger partial charge in [-0.05, 0) is 54.4 Å². The highest BCUT2D eigenvalue weighted by Crippen LogP contribution is 2.30. The van der Waals surface area contributed by atoms with Gasteiger partial charge in [-0.3, -0.25) is 0 Å². The molecule has 3 aromatic carbocycles. The van der Waals surface area contributed by atoms with Gasteiger partial charge in [-0.1, -0.05) is 41.9 Å². The second-order valence-electron chi connectivity index (χ2n) is 6.71. The van der Waals surface area contributed by atoms with E-state index in [4.69, 9.17) is 25.8 Å². The van der Waals surface area contributed by atoms with Crippen molar-refractivity contribution in [3.05, 3.63) is 88.2 Å². The highest BCUT2D eigenvalue weighted by Gasteiger charge is 2.11. The van der Waals surface area contributed by atoms with Crippen LogP contribution in [0.1, 0.15) is 16.7 Å². The van der Waals surface area contributed by atoms with Gasteiger partial charge in [0.1, 0.15) is 18.2 Å². The standard InChI is InChI=1S/C24H25ClFNO3.ClH/c1-28-22-9-4-3-6-18(22)12-13-27-15-17-10-11-23(24(14-17)29-2)30-16-19-20(25)7-5-8-21(19)26;/h3-11,14,27H,12-13,15-16H2,1-2H3;1H. The molecule has 0 saturated heterocycles. The van der Waals surface area contributed by atoms with Crippen LogP contribution in [0, 0.1) is 5.82 Å². The molecule has 7 heteroatoms. The van der Waals surface area contributed by atoms with E-state index in [0.29, 0.717) is 28.6 Å². The maximum absolute atomic E-state index is 13.9. The number of benzene rings is 3. The van der Waals surface area contributed by atoms with E-state index >= 15 is 0 Å². The minimum atomic E-state index is -0.391. The van der Waals surface area contributed by atoms with Gasteiger partial charge in [0.05, 0.1) is 19.2 Å². The molecule has 1 N–H and O–H groups in total. The van der Waals surface area contributed by atoms with E-state index in [-0.39, 0.29) is 19.0 Å². The molecule has 0 fully saturated rings. The molecule has 0 aliphatic carbocycles. The van der Waals surface area contributed by atoms with E-state index in [1.54, 1.807) is 26.4 Å². The lowest BCUT2D eigenvalue weighted by molar-refractivity contribution is 0.279. The summed E-state index contributed by atoms with van der Waals surface area (Å²) in [5, 5.41) is 3.76. The summed E-state index contributed by atoms with van der Waals surface area (Å²) in [6.45, 7) is 1.52. The van der Waals surface area contributed by atoms with Crippen LogP contribution in [0.3, 0.4) is 0 Å². The van der Waals surface area contributed by atoms with Crippen molar-refractivity contribution in [1.29, 1.82) is 0 Å². The average molecular weight is 466 g/mol. The van der Waals surface area contributed by atoms with E-state index in [2.05, 4.69) is 11.4 Å². The molecular formula is C24H26Cl2FNO3. The van der Waals surface area contributed by atoms with Gasteiger partial charge in [0, 0.05) is 12.1 Å². The first-order chi connectivity index (χ1) is 14.6. The van der Waals surface area contributed by atoms with Crippen LogP contribution >= 0.6 is 24.0 Å². The molecule has 0 atom stereocenters. The minimum absolute atomic E-state index is 0. The van der Waals surface area contributed by atoms with Crippen LogP contribution in [0.4, 0.5) is 4.39 Å². The van der Waals surface area contributed by atoms with Gasteiger partial charge in [-0.25, -0.2) is 4.39 Å². The summed E-state index contributed by atoms with van der Waals surface area (Å²) in [5.41, 5.74) is 2.55. The Morgan fingerprint density at radius 1 is 0.903 bits per heavy atom. The summed E-state index contributed by atoms with van der Waals surface area (Å²) in [7, 11) is 3.26. The number of rotatable bonds is 10. The molecule has 0 amide bonds. The number of hydrogen-bond acceptors (Lipinski definition) is 4. The molecule has 3 rings (SSSR count). The van der Waals surface area contributed by atoms with Crippen molar-refractivity contribution in [2.24, 2.45) is 0 Å². The fourth-order valence-electron chi connectivity index (χ4n) is 3.13. The van der Waals surface area contributed by atoms with E-state index in [9.17, 15) is 4.39 Å². The van der Waals surface area contributed by atoms with Gasteiger partial charge in [-0.2, -0.15) is 0 Å². The predicted octanol–water partition coefficient (Wildman–Crippen LogP) is 5.83. The number of halogens is 3. The molecule has 0 unspecified atom stereocenters. The van der Waals surface area contributed by atoms with Crippen LogP contribution in [0.25, 0.3) is 0 Å². The maximum atomic E-state index is 13.9. The van der Waals surface area contributed by atoms with Crippen molar-refractivity contribution in [1.82, 2.24) is 5.32 Å². The number of methoxy groups -OCH3 is 2. The number of nitrogens with one attached hydrogen (secondary N) is 1. The molecule has 3 aromatic rings. The van der Waals surface area contributed by atoms with Crippen molar-refractivity contribution in [2.75, 3.05) is 20.8 Å². The largest absolute Gasteiger partial charge is 0.496 e. The molecule has 0 radical (unpaired) electrons. The summed E-state index contributed by atoms with van der Waals surface area (Å²) in [6, 6.07) is 18.3. The third-order valence-electron chi connectivity index (χ3n) is 4.75. The molecule has 0 aromatic heterocycles. The quantitative estimate of drug-likeness (QED) is 0.382. The Morgan fingerprint density at radius 2 is 1.68 bits per heavy atom. The molecule has 0 bridgehead atoms. The number of para-hydroxylation sites is 1. The van der Waals surface area contributed by atoms with E-state index < -0.39 is 5.82 Å². The molecule has 0 aliphatic heterocycles. The lowest BCUT2D eigenvalue weighted by Crippen LogP contribution is -2.17. The van der Waals surface area contributed by atoms with Gasteiger partial charge in [0.2, 0.25) is 0 Å². The first-order valence-electron chi connectivity index (χ1n) is 9.67. The fourth-order valence-corrected chi connectivity index (χ4v) is 3.34. The molecule has 31 heavy (non-hydrogen) atoms. The van der Waals surface area contributed by atoms with Gasteiger partial charge in [-0.15, -0.1) is 12.4 Å². The van der Waals surface area contributed by atoms with Crippen molar-refractivity contribution in [2.45, 2.75) is 19.6 Å². The van der Waals surface area contributed by atoms with Crippen molar-refractivity contribution in [3.63, 3.8) is 0 Å². The zero-order valence-electron chi connectivity index (χ0n) is 17.5. The number of hydrogen-bond donors (Lipinski definition) is 1. The zero-order chi connectivity index (χ0) is 21.3. The molecule has 0 aliphatic rings. The van der Waals surface area contributed by atoms with E-state index in [0.717, 1.165) is 24.3 Å². The lowest BCUT2D eigenvalue weighted by atomic mass is 10.1. The summed E-state index contributed by atoms with van der Waals surface area (Å²) in [5.74, 6) is 1.64. The second kappa shape index (κ2) is 12.4. The Bertz CT molecular complexity index is 965. The van der Waals surface area contributed by atoms with Gasteiger partial charge >= 0.3 is 0 Å². The van der Waals surface area contributed by atoms with Crippen molar-refractivity contribution < 1.29 is 18.6 Å². The molecule has 166 valence electrons. The Hall–Kier alpha value is -2.47. The molecule has 0 saturated carbocycles. The fraction of sp³-hybridized carbons (Fsp3) is 0.250. The average Bonchev–Trinajstić information content (AvgIpc) is 2.77. The van der Waals surface area contributed by atoms with E-state index in [1.165, 1.54) is 11.6 Å². The second-order valence-corrected chi connectivity index (χ2v) is 7.12. The Labute approximate surface area is 193 Å². The summed E-state index contributed by atoms with van der Waals surface area (Å²) >= 11 is 6.06. The Morgan fingerprint density at radius 3 is 2.42 bits per heavy atom. The van der Waals surface area contributed by atoms with Crippen molar-refractivity contribution >= 4 is 24.0 Å². The number of ether oxygens (including phenoxy) is 3. The predicted molar refractivity (Wildman–Crippen MR) is 124 cm³/mol. The first-order valence-corrected chi connectivity index (χ1v) is 10.1. The normalized spacial score (nSPS) is 10.3. The van der Waals surface area contributed by atoms with Crippen LogP contribution in [0.15, 0.2) is 60.7 Å². The summed E-state index contributed by atoms with van der Waals surface area (Å²) in [6.07, 6.45) is 0.867. The maximum Gasteiger partial charge on any atom is 0.161 e. The third-order valence-corrected chi connectivity index (χ3v) is 5.11. The lowest BCUT2D eigenvalue weighted by Gasteiger charge is -2.14. The van der Waals surface area contributed by atoms with Crippen LogP contribution in [-0.2, 0) is 19.6 Å². The SMILES string of the molecule is COc1ccccc1CCNCc1ccc(OCc2c(F)cccc2Cl)c(OC)c1.Cl. The Balaban J connectivity index is 0.00000341. The molecule has 4 nitrogen and oxygen atoms in total. The van der Waals surface area contributed by atoms with Gasteiger partial charge in [0.25, 0.3) is 0 Å². The van der Waals surface area contributed by atoms with Gasteiger partial charge in [0.15, 0.2) is 11.5 Å². The Kier molecular flexibility index (Phi) is 9.92. The van der Waals surface area contributed by atoms with E-state index in [1.807, 2.05) is 36.4 Å². The van der Waals surface area contributed by atoms with Crippen LogP contribution < -0.4 is 19.5 Å². The first kappa shape index (κ1) is 24.8. The highest BCUT2D eigenvalue weighted by atomic mass is 35.5. The highest BCUT2D eigenvalue weighted by molar-refractivity contribution is 6.31. The monoisotopic (exact) mass is 465 g/mol. The smallest absolute Gasteiger partial charge is 0.161 e. The molecule has 0 spiro atoms. The van der Waals surface area contributed by atoms with Gasteiger partial charge < -0.3 is 19.5 Å². The zero-order valence-corrected chi connectivity index (χ0v) is 19.1. The topological polar surface area (TPSA) is 39.7 Å². The van der Waals surface area contributed by atoms with Crippen LogP contribution in [0.2, 0.25) is 5.02 Å².